The molecule has 0 aromatic heterocycles. The number of aromatic hydroxyl groups is 1. The second kappa shape index (κ2) is 8.13. The number of carbonyl (C=O) groups is 1. The Morgan fingerprint density at radius 1 is 1.03 bits per heavy atom. The van der Waals surface area contributed by atoms with Crippen LogP contribution in [0.4, 0.5) is 5.69 Å². The lowest BCUT2D eigenvalue weighted by Gasteiger charge is -2.26. The fourth-order valence-corrected chi connectivity index (χ4v) is 4.84. The van der Waals surface area contributed by atoms with Gasteiger partial charge in [-0.1, -0.05) is 41.6 Å². The predicted molar refractivity (Wildman–Crippen MR) is 119 cm³/mol. The molecule has 1 aliphatic heterocycles. The van der Waals surface area contributed by atoms with Crippen molar-refractivity contribution in [3.8, 4) is 17.2 Å². The zero-order valence-corrected chi connectivity index (χ0v) is 18.3. The SMILES string of the molecule is COc1cc2c(cc1OC)C(Sc1ccccc1O)N(c1ccc(C)c(Cl)c1)C2=O. The lowest BCUT2D eigenvalue weighted by molar-refractivity contribution is 0.0996. The topological polar surface area (TPSA) is 59.0 Å². The Morgan fingerprint density at radius 2 is 1.73 bits per heavy atom. The van der Waals surface area contributed by atoms with E-state index in [0.717, 1.165) is 11.1 Å². The average Bonchev–Trinajstić information content (AvgIpc) is 3.01. The molecule has 0 fully saturated rings. The van der Waals surface area contributed by atoms with E-state index in [-0.39, 0.29) is 11.7 Å². The number of carbonyl (C=O) groups excluding carboxylic acids is 1. The number of thioether (sulfide) groups is 1. The number of nitrogens with zero attached hydrogens (tertiary/aromatic N) is 1. The molecule has 1 atom stereocenters. The first-order chi connectivity index (χ1) is 14.4. The summed E-state index contributed by atoms with van der Waals surface area (Å²) in [4.78, 5) is 15.8. The van der Waals surface area contributed by atoms with Crippen molar-refractivity contribution in [1.82, 2.24) is 0 Å². The van der Waals surface area contributed by atoms with Crippen LogP contribution in [0.2, 0.25) is 5.02 Å². The molecule has 0 bridgehead atoms. The van der Waals surface area contributed by atoms with Crippen LogP contribution < -0.4 is 14.4 Å². The van der Waals surface area contributed by atoms with Gasteiger partial charge in [-0.3, -0.25) is 9.69 Å². The summed E-state index contributed by atoms with van der Waals surface area (Å²) in [5.41, 5.74) is 2.91. The van der Waals surface area contributed by atoms with Gasteiger partial charge >= 0.3 is 0 Å². The van der Waals surface area contributed by atoms with Crippen molar-refractivity contribution in [1.29, 1.82) is 0 Å². The number of phenolic OH excluding ortho intramolecular Hbond substituents is 1. The summed E-state index contributed by atoms with van der Waals surface area (Å²) in [7, 11) is 3.10. The van der Waals surface area contributed by atoms with E-state index in [4.69, 9.17) is 21.1 Å². The first kappa shape index (κ1) is 20.4. The van der Waals surface area contributed by atoms with Gasteiger partial charge < -0.3 is 14.6 Å². The standard InChI is InChI=1S/C23H20ClNO4S/c1-13-8-9-14(10-17(13)24)25-22(27)15-11-19(28-2)20(29-3)12-16(15)23(25)30-21-7-5-4-6-18(21)26/h4-12,23,26H,1-3H3. The molecule has 5 nitrogen and oxygen atoms in total. The van der Waals surface area contributed by atoms with Crippen molar-refractivity contribution >= 4 is 35.0 Å². The van der Waals surface area contributed by atoms with Gasteiger partial charge in [-0.25, -0.2) is 0 Å². The number of benzene rings is 3. The van der Waals surface area contributed by atoms with Gasteiger partial charge in [-0.15, -0.1) is 0 Å². The Labute approximate surface area is 184 Å². The number of aryl methyl sites for hydroxylation is 1. The molecule has 0 aliphatic carbocycles. The van der Waals surface area contributed by atoms with Gasteiger partial charge in [0.1, 0.15) is 11.1 Å². The summed E-state index contributed by atoms with van der Waals surface area (Å²) in [5.74, 6) is 1.01. The van der Waals surface area contributed by atoms with Gasteiger partial charge in [0, 0.05) is 16.3 Å². The lowest BCUT2D eigenvalue weighted by atomic mass is 10.1. The van der Waals surface area contributed by atoms with E-state index >= 15 is 0 Å². The molecule has 1 amide bonds. The highest BCUT2D eigenvalue weighted by molar-refractivity contribution is 7.99. The van der Waals surface area contributed by atoms with Crippen LogP contribution in [-0.4, -0.2) is 25.2 Å². The monoisotopic (exact) mass is 441 g/mol. The van der Waals surface area contributed by atoms with Crippen molar-refractivity contribution in [3.05, 3.63) is 76.3 Å². The molecule has 4 rings (SSSR count). The van der Waals surface area contributed by atoms with Gasteiger partial charge in [0.15, 0.2) is 11.5 Å². The average molecular weight is 442 g/mol. The van der Waals surface area contributed by atoms with E-state index in [0.29, 0.717) is 32.7 Å². The molecule has 1 aliphatic rings. The van der Waals surface area contributed by atoms with Gasteiger partial charge in [0.2, 0.25) is 0 Å². The van der Waals surface area contributed by atoms with E-state index < -0.39 is 5.37 Å². The first-order valence-corrected chi connectivity index (χ1v) is 10.5. The summed E-state index contributed by atoms with van der Waals surface area (Å²) in [6, 6.07) is 16.1. The number of fused-ring (bicyclic) bond motifs is 1. The molecule has 1 unspecified atom stereocenters. The van der Waals surface area contributed by atoms with Gasteiger partial charge in [0.05, 0.1) is 24.7 Å². The molecule has 154 valence electrons. The van der Waals surface area contributed by atoms with E-state index in [1.807, 2.05) is 37.3 Å². The molecule has 0 saturated carbocycles. The molecule has 30 heavy (non-hydrogen) atoms. The lowest BCUT2D eigenvalue weighted by Crippen LogP contribution is -2.26. The van der Waals surface area contributed by atoms with Crippen LogP contribution in [-0.2, 0) is 0 Å². The molecule has 0 spiro atoms. The van der Waals surface area contributed by atoms with Crippen LogP contribution in [0.5, 0.6) is 17.2 Å². The molecule has 0 saturated heterocycles. The summed E-state index contributed by atoms with van der Waals surface area (Å²) in [6.07, 6.45) is 0. The molecular weight excluding hydrogens is 422 g/mol. The number of amides is 1. The maximum atomic E-state index is 13.5. The maximum absolute atomic E-state index is 13.5. The van der Waals surface area contributed by atoms with Crippen LogP contribution in [0.25, 0.3) is 0 Å². The van der Waals surface area contributed by atoms with Crippen molar-refractivity contribution in [3.63, 3.8) is 0 Å². The van der Waals surface area contributed by atoms with Crippen LogP contribution >= 0.6 is 23.4 Å². The highest BCUT2D eigenvalue weighted by Gasteiger charge is 2.40. The Kier molecular flexibility index (Phi) is 5.54. The minimum Gasteiger partial charge on any atom is -0.507 e. The van der Waals surface area contributed by atoms with Crippen molar-refractivity contribution in [2.24, 2.45) is 0 Å². The second-order valence-electron chi connectivity index (χ2n) is 6.84. The van der Waals surface area contributed by atoms with Crippen LogP contribution in [0.3, 0.4) is 0 Å². The summed E-state index contributed by atoms with van der Waals surface area (Å²) >= 11 is 7.74. The third kappa shape index (κ3) is 3.46. The minimum atomic E-state index is -0.417. The number of rotatable bonds is 5. The van der Waals surface area contributed by atoms with Gasteiger partial charge in [0.25, 0.3) is 5.91 Å². The zero-order valence-electron chi connectivity index (χ0n) is 16.7. The second-order valence-corrected chi connectivity index (χ2v) is 8.37. The van der Waals surface area contributed by atoms with E-state index in [9.17, 15) is 9.90 Å². The number of ether oxygens (including phenoxy) is 2. The molecular formula is C23H20ClNO4S. The molecule has 3 aromatic rings. The van der Waals surface area contributed by atoms with E-state index in [1.165, 1.54) is 18.9 Å². The normalized spacial score (nSPS) is 15.3. The molecule has 7 heteroatoms. The van der Waals surface area contributed by atoms with Gasteiger partial charge in [-0.2, -0.15) is 0 Å². The highest BCUT2D eigenvalue weighted by Crippen LogP contribution is 2.51. The molecule has 3 aromatic carbocycles. The van der Waals surface area contributed by atoms with Crippen molar-refractivity contribution in [2.75, 3.05) is 19.1 Å². The number of phenols is 1. The Morgan fingerprint density at radius 3 is 2.40 bits per heavy atom. The number of hydrogen-bond donors (Lipinski definition) is 1. The van der Waals surface area contributed by atoms with Crippen molar-refractivity contribution in [2.45, 2.75) is 17.2 Å². The largest absolute Gasteiger partial charge is 0.507 e. The quantitative estimate of drug-likeness (QED) is 0.540. The molecule has 0 radical (unpaired) electrons. The summed E-state index contributed by atoms with van der Waals surface area (Å²) < 4.78 is 10.9. The van der Waals surface area contributed by atoms with Crippen LogP contribution in [0, 0.1) is 6.92 Å². The fourth-order valence-electron chi connectivity index (χ4n) is 3.44. The van der Waals surface area contributed by atoms with Crippen LogP contribution in [0.1, 0.15) is 26.9 Å². The predicted octanol–water partition coefficient (Wildman–Crippen LogP) is 5.82. The smallest absolute Gasteiger partial charge is 0.260 e. The van der Waals surface area contributed by atoms with Gasteiger partial charge in [-0.05, 0) is 48.9 Å². The van der Waals surface area contributed by atoms with Crippen LogP contribution in [0.15, 0.2) is 59.5 Å². The van der Waals surface area contributed by atoms with Crippen molar-refractivity contribution < 1.29 is 19.4 Å². The zero-order chi connectivity index (χ0) is 21.4. The first-order valence-electron chi connectivity index (χ1n) is 9.25. The third-order valence-electron chi connectivity index (χ3n) is 5.04. The molecule has 1 heterocycles. The summed E-state index contributed by atoms with van der Waals surface area (Å²) in [5, 5.41) is 10.5. The Bertz CT molecular complexity index is 1130. The number of para-hydroxylation sites is 1. The third-order valence-corrected chi connectivity index (χ3v) is 6.74. The number of halogens is 1. The summed E-state index contributed by atoms with van der Waals surface area (Å²) in [6.45, 7) is 1.91. The van der Waals surface area contributed by atoms with E-state index in [1.54, 1.807) is 36.3 Å². The number of anilines is 1. The Balaban J connectivity index is 1.88. The number of methoxy groups -OCH3 is 2. The highest BCUT2D eigenvalue weighted by atomic mass is 35.5. The fraction of sp³-hybridized carbons (Fsp3) is 0.174. The maximum Gasteiger partial charge on any atom is 0.260 e. The number of hydrogen-bond acceptors (Lipinski definition) is 5. The minimum absolute atomic E-state index is 0.158. The van der Waals surface area contributed by atoms with E-state index in [2.05, 4.69) is 0 Å². The Hall–Kier alpha value is -2.83. The molecule has 1 N–H and O–H groups in total.